The minimum Gasteiger partial charge on any atom is -0.493 e. The molecule has 0 aliphatic carbocycles. The molecule has 29 heavy (non-hydrogen) atoms. The van der Waals surface area contributed by atoms with E-state index in [4.69, 9.17) is 21.1 Å². The van der Waals surface area contributed by atoms with Gasteiger partial charge in [0.05, 0.1) is 26.2 Å². The fourth-order valence-corrected chi connectivity index (χ4v) is 3.98. The van der Waals surface area contributed by atoms with E-state index in [1.54, 1.807) is 23.6 Å². The third kappa shape index (κ3) is 4.34. The summed E-state index contributed by atoms with van der Waals surface area (Å²) in [5.74, 6) is 0.0831. The smallest absolute Gasteiger partial charge is 0.229 e. The Labute approximate surface area is 176 Å². The zero-order chi connectivity index (χ0) is 21.0. The number of halogens is 2. The molecule has 3 rings (SSSR count). The van der Waals surface area contributed by atoms with Gasteiger partial charge >= 0.3 is 0 Å². The van der Waals surface area contributed by atoms with Gasteiger partial charge in [-0.2, -0.15) is 5.26 Å². The van der Waals surface area contributed by atoms with Crippen LogP contribution in [0, 0.1) is 17.1 Å². The third-order valence-electron chi connectivity index (χ3n) is 4.25. The average molecular weight is 431 g/mol. The number of carbonyl (C=O) groups excluding carboxylic acids is 1. The molecule has 1 amide bonds. The summed E-state index contributed by atoms with van der Waals surface area (Å²) >= 11 is 7.19. The van der Waals surface area contributed by atoms with Crippen molar-refractivity contribution >= 4 is 33.8 Å². The fraction of sp³-hybridized carbons (Fsp3) is 0.143. The van der Waals surface area contributed by atoms with Gasteiger partial charge in [-0.15, -0.1) is 11.3 Å². The molecule has 0 saturated heterocycles. The van der Waals surface area contributed by atoms with E-state index in [1.807, 2.05) is 0 Å². The van der Waals surface area contributed by atoms with E-state index in [9.17, 15) is 14.4 Å². The van der Waals surface area contributed by atoms with Crippen molar-refractivity contribution in [2.75, 3.05) is 19.5 Å². The highest BCUT2D eigenvalue weighted by Gasteiger charge is 2.18. The number of nitriles is 1. The van der Waals surface area contributed by atoms with Gasteiger partial charge < -0.3 is 14.8 Å². The standard InChI is InChI=1S/C21H16ClFN2O3S/c1-27-18-7-6-12(8-19(18)28-2)15-11-29-21(14(15)10-24)25-20(26)9-13-16(22)4-3-5-17(13)23/h3-8,11H,9H2,1-2H3,(H,25,26). The van der Waals surface area contributed by atoms with E-state index >= 15 is 0 Å². The highest BCUT2D eigenvalue weighted by Crippen LogP contribution is 2.38. The highest BCUT2D eigenvalue weighted by molar-refractivity contribution is 7.15. The summed E-state index contributed by atoms with van der Waals surface area (Å²) < 4.78 is 24.5. The average Bonchev–Trinajstić information content (AvgIpc) is 3.12. The lowest BCUT2D eigenvalue weighted by Gasteiger charge is -2.09. The first kappa shape index (κ1) is 20.6. The van der Waals surface area contributed by atoms with Crippen molar-refractivity contribution < 1.29 is 18.7 Å². The molecule has 1 N–H and O–H groups in total. The first-order valence-corrected chi connectivity index (χ1v) is 9.71. The fourth-order valence-electron chi connectivity index (χ4n) is 2.81. The number of nitrogens with one attached hydrogen (secondary N) is 1. The maximum Gasteiger partial charge on any atom is 0.229 e. The molecule has 1 aromatic heterocycles. The molecule has 0 radical (unpaired) electrons. The van der Waals surface area contributed by atoms with Gasteiger partial charge in [0.25, 0.3) is 0 Å². The van der Waals surface area contributed by atoms with Crippen LogP contribution in [0.25, 0.3) is 11.1 Å². The number of thiophene rings is 1. The molecule has 8 heteroatoms. The van der Waals surface area contributed by atoms with E-state index in [1.165, 1.54) is 43.8 Å². The van der Waals surface area contributed by atoms with Gasteiger partial charge in [-0.1, -0.05) is 23.7 Å². The number of nitrogens with zero attached hydrogens (tertiary/aromatic N) is 1. The normalized spacial score (nSPS) is 10.3. The molecule has 2 aromatic carbocycles. The number of benzene rings is 2. The molecule has 0 unspecified atom stereocenters. The minimum absolute atomic E-state index is 0.113. The van der Waals surface area contributed by atoms with Crippen LogP contribution in [-0.2, 0) is 11.2 Å². The first-order valence-electron chi connectivity index (χ1n) is 8.45. The summed E-state index contributed by atoms with van der Waals surface area (Å²) in [7, 11) is 3.07. The largest absolute Gasteiger partial charge is 0.493 e. The zero-order valence-corrected chi connectivity index (χ0v) is 17.2. The van der Waals surface area contributed by atoms with Crippen LogP contribution < -0.4 is 14.8 Å². The Morgan fingerprint density at radius 1 is 1.24 bits per heavy atom. The molecule has 0 spiro atoms. The van der Waals surface area contributed by atoms with Crippen LogP contribution in [0.4, 0.5) is 9.39 Å². The van der Waals surface area contributed by atoms with E-state index in [-0.39, 0.29) is 17.0 Å². The number of ether oxygens (including phenoxy) is 2. The molecular formula is C21H16ClFN2O3S. The molecule has 0 aliphatic heterocycles. The molecule has 3 aromatic rings. The molecule has 0 bridgehead atoms. The number of amides is 1. The van der Waals surface area contributed by atoms with Crippen LogP contribution in [0.15, 0.2) is 41.8 Å². The SMILES string of the molecule is COc1ccc(-c2csc(NC(=O)Cc3c(F)cccc3Cl)c2C#N)cc1OC. The summed E-state index contributed by atoms with van der Waals surface area (Å²) in [6, 6.07) is 11.7. The van der Waals surface area contributed by atoms with Crippen LogP contribution in [0.5, 0.6) is 11.5 Å². The maximum atomic E-state index is 13.9. The van der Waals surface area contributed by atoms with Crippen molar-refractivity contribution in [1.29, 1.82) is 5.26 Å². The van der Waals surface area contributed by atoms with Crippen LogP contribution in [0.1, 0.15) is 11.1 Å². The molecule has 0 fully saturated rings. The Kier molecular flexibility index (Phi) is 6.37. The Morgan fingerprint density at radius 3 is 2.66 bits per heavy atom. The number of hydrogen-bond acceptors (Lipinski definition) is 5. The first-order chi connectivity index (χ1) is 14.0. The monoisotopic (exact) mass is 430 g/mol. The number of methoxy groups -OCH3 is 2. The Hall–Kier alpha value is -3.08. The van der Waals surface area contributed by atoms with Gasteiger partial charge in [-0.3, -0.25) is 4.79 Å². The van der Waals surface area contributed by atoms with Gasteiger partial charge in [0.2, 0.25) is 5.91 Å². The number of rotatable bonds is 6. The summed E-state index contributed by atoms with van der Waals surface area (Å²) in [6.45, 7) is 0. The van der Waals surface area contributed by atoms with Crippen molar-refractivity contribution in [3.8, 4) is 28.7 Å². The van der Waals surface area contributed by atoms with E-state index in [0.29, 0.717) is 27.6 Å². The third-order valence-corrected chi connectivity index (χ3v) is 5.50. The Balaban J connectivity index is 1.87. The van der Waals surface area contributed by atoms with Gasteiger partial charge in [-0.25, -0.2) is 4.39 Å². The zero-order valence-electron chi connectivity index (χ0n) is 15.6. The quantitative estimate of drug-likeness (QED) is 0.577. The second-order valence-corrected chi connectivity index (χ2v) is 7.25. The summed E-state index contributed by atoms with van der Waals surface area (Å²) in [5, 5.41) is 14.6. The minimum atomic E-state index is -0.551. The van der Waals surface area contributed by atoms with Crippen LogP contribution in [-0.4, -0.2) is 20.1 Å². The lowest BCUT2D eigenvalue weighted by molar-refractivity contribution is -0.115. The van der Waals surface area contributed by atoms with Gasteiger partial charge in [-0.05, 0) is 29.8 Å². The maximum absolute atomic E-state index is 13.9. The lowest BCUT2D eigenvalue weighted by Crippen LogP contribution is -2.15. The van der Waals surface area contributed by atoms with Crippen molar-refractivity contribution in [3.63, 3.8) is 0 Å². The molecule has 0 saturated carbocycles. The van der Waals surface area contributed by atoms with E-state index < -0.39 is 11.7 Å². The summed E-state index contributed by atoms with van der Waals surface area (Å²) in [6.07, 6.45) is -0.236. The summed E-state index contributed by atoms with van der Waals surface area (Å²) in [4.78, 5) is 12.4. The Bertz CT molecular complexity index is 1090. The van der Waals surface area contributed by atoms with Crippen LogP contribution in [0.2, 0.25) is 5.02 Å². The lowest BCUT2D eigenvalue weighted by atomic mass is 10.0. The van der Waals surface area contributed by atoms with E-state index in [0.717, 1.165) is 5.56 Å². The number of anilines is 1. The van der Waals surface area contributed by atoms with Crippen LogP contribution >= 0.6 is 22.9 Å². The highest BCUT2D eigenvalue weighted by atomic mass is 35.5. The number of carbonyl (C=O) groups is 1. The number of hydrogen-bond donors (Lipinski definition) is 1. The second kappa shape index (κ2) is 8.95. The van der Waals surface area contributed by atoms with E-state index in [2.05, 4.69) is 11.4 Å². The molecule has 1 heterocycles. The van der Waals surface area contributed by atoms with Crippen LogP contribution in [0.3, 0.4) is 0 Å². The predicted molar refractivity (Wildman–Crippen MR) is 111 cm³/mol. The predicted octanol–water partition coefficient (Wildman–Crippen LogP) is 5.28. The van der Waals surface area contributed by atoms with Gasteiger partial charge in [0.15, 0.2) is 11.5 Å². The molecular weight excluding hydrogens is 415 g/mol. The van der Waals surface area contributed by atoms with Crippen molar-refractivity contribution in [1.82, 2.24) is 0 Å². The topological polar surface area (TPSA) is 71.3 Å². The molecule has 148 valence electrons. The molecule has 0 aliphatic rings. The molecule has 0 atom stereocenters. The van der Waals surface area contributed by atoms with Gasteiger partial charge in [0, 0.05) is 21.5 Å². The second-order valence-electron chi connectivity index (χ2n) is 5.96. The van der Waals surface area contributed by atoms with Crippen molar-refractivity contribution in [3.05, 3.63) is 63.7 Å². The molecule has 5 nitrogen and oxygen atoms in total. The summed E-state index contributed by atoms with van der Waals surface area (Å²) in [5.41, 5.74) is 1.82. The van der Waals surface area contributed by atoms with Crippen molar-refractivity contribution in [2.24, 2.45) is 0 Å². The van der Waals surface area contributed by atoms with Gasteiger partial charge in [0.1, 0.15) is 16.9 Å². The Morgan fingerprint density at radius 2 is 2.00 bits per heavy atom. The van der Waals surface area contributed by atoms with Crippen molar-refractivity contribution in [2.45, 2.75) is 6.42 Å².